The van der Waals surface area contributed by atoms with Gasteiger partial charge in [0.1, 0.15) is 11.8 Å². The topological polar surface area (TPSA) is 75.4 Å². The van der Waals surface area contributed by atoms with E-state index in [1.54, 1.807) is 11.0 Å². The molecule has 1 aromatic heterocycles. The summed E-state index contributed by atoms with van der Waals surface area (Å²) in [4.78, 5) is 27.2. The minimum atomic E-state index is -0.442. The maximum Gasteiger partial charge on any atom is 0.276 e. The van der Waals surface area contributed by atoms with Crippen LogP contribution in [0.25, 0.3) is 0 Å². The van der Waals surface area contributed by atoms with Crippen molar-refractivity contribution in [3.63, 3.8) is 0 Å². The number of nitrogens with zero attached hydrogens (tertiary/aromatic N) is 2. The number of amides is 2. The van der Waals surface area contributed by atoms with E-state index in [-0.39, 0.29) is 17.9 Å². The van der Waals surface area contributed by atoms with Gasteiger partial charge in [-0.05, 0) is 24.7 Å². The SMILES string of the molecule is CCc1cc(C(=O)N2C[C@H](CC(C)C)NC(=O)[C@@H]2CC(C)C)no1. The summed E-state index contributed by atoms with van der Waals surface area (Å²) in [6.07, 6.45) is 2.18. The maximum absolute atomic E-state index is 12.9. The van der Waals surface area contributed by atoms with E-state index in [1.807, 2.05) is 6.92 Å². The van der Waals surface area contributed by atoms with Crippen LogP contribution in [0.1, 0.15) is 63.7 Å². The first-order valence-electron chi connectivity index (χ1n) is 8.88. The van der Waals surface area contributed by atoms with Gasteiger partial charge >= 0.3 is 0 Å². The highest BCUT2D eigenvalue weighted by molar-refractivity contribution is 5.97. The minimum Gasteiger partial charge on any atom is -0.361 e. The normalized spacial score (nSPS) is 21.5. The van der Waals surface area contributed by atoms with Crippen LogP contribution in [0.4, 0.5) is 0 Å². The van der Waals surface area contributed by atoms with Crippen LogP contribution in [0.2, 0.25) is 0 Å². The van der Waals surface area contributed by atoms with Gasteiger partial charge in [0, 0.05) is 25.1 Å². The van der Waals surface area contributed by atoms with Crippen molar-refractivity contribution in [1.29, 1.82) is 0 Å². The summed E-state index contributed by atoms with van der Waals surface area (Å²) >= 11 is 0. The number of hydrogen-bond donors (Lipinski definition) is 1. The molecule has 1 N–H and O–H groups in total. The van der Waals surface area contributed by atoms with Crippen LogP contribution in [0.3, 0.4) is 0 Å². The Balaban J connectivity index is 2.23. The molecular formula is C18H29N3O3. The van der Waals surface area contributed by atoms with Gasteiger partial charge in [0.05, 0.1) is 0 Å². The van der Waals surface area contributed by atoms with Crippen molar-refractivity contribution >= 4 is 11.8 Å². The van der Waals surface area contributed by atoms with Gasteiger partial charge in [0.25, 0.3) is 5.91 Å². The lowest BCUT2D eigenvalue weighted by Gasteiger charge is -2.40. The van der Waals surface area contributed by atoms with Gasteiger partial charge in [0.2, 0.25) is 5.91 Å². The summed E-state index contributed by atoms with van der Waals surface area (Å²) in [5.74, 6) is 1.17. The quantitative estimate of drug-likeness (QED) is 0.867. The Morgan fingerprint density at radius 2 is 2.00 bits per heavy atom. The Labute approximate surface area is 143 Å². The molecule has 1 saturated heterocycles. The molecule has 134 valence electrons. The van der Waals surface area contributed by atoms with E-state index in [1.165, 1.54) is 0 Å². The molecule has 2 heterocycles. The highest BCUT2D eigenvalue weighted by atomic mass is 16.5. The Hall–Kier alpha value is -1.85. The zero-order valence-corrected chi connectivity index (χ0v) is 15.3. The zero-order chi connectivity index (χ0) is 17.9. The molecule has 2 amide bonds. The van der Waals surface area contributed by atoms with Gasteiger partial charge in [-0.2, -0.15) is 0 Å². The third-order valence-corrected chi connectivity index (χ3v) is 4.28. The average molecular weight is 335 g/mol. The van der Waals surface area contributed by atoms with E-state index in [2.05, 4.69) is 38.2 Å². The molecule has 0 unspecified atom stereocenters. The van der Waals surface area contributed by atoms with Crippen molar-refractivity contribution in [2.24, 2.45) is 11.8 Å². The molecule has 2 rings (SSSR count). The molecule has 0 radical (unpaired) electrons. The zero-order valence-electron chi connectivity index (χ0n) is 15.3. The van der Waals surface area contributed by atoms with E-state index >= 15 is 0 Å². The molecule has 1 aliphatic heterocycles. The fourth-order valence-corrected chi connectivity index (χ4v) is 3.18. The molecular weight excluding hydrogens is 306 g/mol. The number of nitrogens with one attached hydrogen (secondary N) is 1. The number of piperazine rings is 1. The molecule has 1 aromatic rings. The Kier molecular flexibility index (Phi) is 6.02. The second-order valence-electron chi connectivity index (χ2n) is 7.47. The van der Waals surface area contributed by atoms with Crippen molar-refractivity contribution < 1.29 is 14.1 Å². The van der Waals surface area contributed by atoms with Gasteiger partial charge in [-0.15, -0.1) is 0 Å². The predicted molar refractivity (Wildman–Crippen MR) is 91.5 cm³/mol. The van der Waals surface area contributed by atoms with Crippen molar-refractivity contribution in [2.45, 2.75) is 66.0 Å². The lowest BCUT2D eigenvalue weighted by molar-refractivity contribution is -0.130. The summed E-state index contributed by atoms with van der Waals surface area (Å²) in [5, 5.41) is 6.97. The van der Waals surface area contributed by atoms with Gasteiger partial charge in [0.15, 0.2) is 5.69 Å². The Bertz CT molecular complexity index is 580. The number of rotatable bonds is 6. The van der Waals surface area contributed by atoms with Crippen LogP contribution in [0.15, 0.2) is 10.6 Å². The average Bonchev–Trinajstić information content (AvgIpc) is 2.97. The summed E-state index contributed by atoms with van der Waals surface area (Å²) in [5.41, 5.74) is 0.290. The fourth-order valence-electron chi connectivity index (χ4n) is 3.18. The smallest absolute Gasteiger partial charge is 0.276 e. The molecule has 1 fully saturated rings. The van der Waals surface area contributed by atoms with Crippen LogP contribution >= 0.6 is 0 Å². The van der Waals surface area contributed by atoms with Crippen molar-refractivity contribution in [3.05, 3.63) is 17.5 Å². The van der Waals surface area contributed by atoms with Gasteiger partial charge in [-0.1, -0.05) is 39.8 Å². The first kappa shape index (κ1) is 18.5. The third-order valence-electron chi connectivity index (χ3n) is 4.28. The van der Waals surface area contributed by atoms with E-state index < -0.39 is 6.04 Å². The minimum absolute atomic E-state index is 0.0117. The highest BCUT2D eigenvalue weighted by Gasteiger charge is 2.38. The number of hydrogen-bond acceptors (Lipinski definition) is 4. The fraction of sp³-hybridized carbons (Fsp3) is 0.722. The van der Waals surface area contributed by atoms with Crippen LogP contribution in [0.5, 0.6) is 0 Å². The summed E-state index contributed by atoms with van der Waals surface area (Å²) in [6.45, 7) is 10.8. The highest BCUT2D eigenvalue weighted by Crippen LogP contribution is 2.21. The van der Waals surface area contributed by atoms with E-state index in [9.17, 15) is 9.59 Å². The third kappa shape index (κ3) is 4.36. The molecule has 6 nitrogen and oxygen atoms in total. The number of carbonyl (C=O) groups is 2. The second kappa shape index (κ2) is 7.81. The number of aryl methyl sites for hydroxylation is 1. The standard InChI is InChI=1S/C18H29N3O3/c1-6-14-9-15(20-24-14)18(23)21-10-13(7-11(2)3)19-17(22)16(21)8-12(4)5/h9,11-13,16H,6-8,10H2,1-5H3,(H,19,22)/t13-,16-/m0/s1. The molecule has 0 aromatic carbocycles. The summed E-state index contributed by atoms with van der Waals surface area (Å²) < 4.78 is 5.16. The largest absolute Gasteiger partial charge is 0.361 e. The predicted octanol–water partition coefficient (Wildman–Crippen LogP) is 2.64. The lowest BCUT2D eigenvalue weighted by Crippen LogP contribution is -2.62. The van der Waals surface area contributed by atoms with Crippen LogP contribution in [-0.2, 0) is 11.2 Å². The van der Waals surface area contributed by atoms with Crippen molar-refractivity contribution in [3.8, 4) is 0 Å². The maximum atomic E-state index is 12.9. The van der Waals surface area contributed by atoms with Gasteiger partial charge < -0.3 is 14.7 Å². The number of aromatic nitrogens is 1. The van der Waals surface area contributed by atoms with Crippen LogP contribution in [-0.4, -0.2) is 40.5 Å². The molecule has 24 heavy (non-hydrogen) atoms. The van der Waals surface area contributed by atoms with Crippen molar-refractivity contribution in [1.82, 2.24) is 15.4 Å². The molecule has 0 saturated carbocycles. The summed E-state index contributed by atoms with van der Waals surface area (Å²) in [7, 11) is 0. The van der Waals surface area contributed by atoms with Crippen molar-refractivity contribution in [2.75, 3.05) is 6.54 Å². The van der Waals surface area contributed by atoms with Crippen LogP contribution < -0.4 is 5.32 Å². The molecule has 6 heteroatoms. The first-order valence-corrected chi connectivity index (χ1v) is 8.88. The molecule has 1 aliphatic rings. The molecule has 0 spiro atoms. The van der Waals surface area contributed by atoms with E-state index in [0.717, 1.165) is 6.42 Å². The van der Waals surface area contributed by atoms with Gasteiger partial charge in [-0.3, -0.25) is 9.59 Å². The second-order valence-corrected chi connectivity index (χ2v) is 7.47. The Morgan fingerprint density at radius 1 is 1.33 bits per heavy atom. The van der Waals surface area contributed by atoms with Crippen LogP contribution in [0, 0.1) is 11.8 Å². The summed E-state index contributed by atoms with van der Waals surface area (Å²) in [6, 6.07) is 1.23. The van der Waals surface area contributed by atoms with E-state index in [0.29, 0.717) is 42.7 Å². The first-order chi connectivity index (χ1) is 11.3. The van der Waals surface area contributed by atoms with Gasteiger partial charge in [-0.25, -0.2) is 0 Å². The molecule has 2 atom stereocenters. The molecule has 0 aliphatic carbocycles. The Morgan fingerprint density at radius 3 is 2.54 bits per heavy atom. The molecule has 0 bridgehead atoms. The monoisotopic (exact) mass is 335 g/mol. The van der Waals surface area contributed by atoms with E-state index in [4.69, 9.17) is 4.52 Å². The number of carbonyl (C=O) groups excluding carboxylic acids is 2. The lowest BCUT2D eigenvalue weighted by atomic mass is 9.94.